The average molecular weight is 206 g/mol. The number of amides is 2. The lowest BCUT2D eigenvalue weighted by Crippen LogP contribution is -2.51. The van der Waals surface area contributed by atoms with Crippen molar-refractivity contribution in [3.63, 3.8) is 0 Å². The van der Waals surface area contributed by atoms with E-state index in [4.69, 9.17) is 4.74 Å². The van der Waals surface area contributed by atoms with E-state index in [9.17, 15) is 4.79 Å². The normalized spacial score (nSPS) is 25.5. The Bertz CT molecular complexity index is 340. The third-order valence-electron chi connectivity index (χ3n) is 2.53. The lowest BCUT2D eigenvalue weighted by atomic mass is 10.0. The number of ether oxygens (including phenoxy) is 1. The Morgan fingerprint density at radius 1 is 1.27 bits per heavy atom. The summed E-state index contributed by atoms with van der Waals surface area (Å²) in [6.45, 7) is 0. The van der Waals surface area contributed by atoms with Gasteiger partial charge in [0.05, 0.1) is 6.04 Å². The summed E-state index contributed by atoms with van der Waals surface area (Å²) in [5, 5.41) is 5.56. The molecule has 0 radical (unpaired) electrons. The van der Waals surface area contributed by atoms with E-state index >= 15 is 0 Å². The number of carbonyl (C=O) groups excluding carboxylic acids is 1. The van der Waals surface area contributed by atoms with Gasteiger partial charge in [-0.3, -0.25) is 0 Å². The van der Waals surface area contributed by atoms with Crippen molar-refractivity contribution in [1.82, 2.24) is 10.6 Å². The molecule has 4 heteroatoms. The van der Waals surface area contributed by atoms with Crippen LogP contribution in [0.2, 0.25) is 0 Å². The topological polar surface area (TPSA) is 50.4 Å². The van der Waals surface area contributed by atoms with Gasteiger partial charge in [0, 0.05) is 13.5 Å². The van der Waals surface area contributed by atoms with Crippen LogP contribution in [0.3, 0.4) is 0 Å². The van der Waals surface area contributed by atoms with Crippen LogP contribution in [0.25, 0.3) is 0 Å². The number of methoxy groups -OCH3 is 1. The van der Waals surface area contributed by atoms with Crippen LogP contribution >= 0.6 is 0 Å². The molecule has 2 N–H and O–H groups in total. The number of urea groups is 1. The number of hydrogen-bond donors (Lipinski definition) is 2. The molecule has 1 aromatic rings. The maximum atomic E-state index is 11.3. The lowest BCUT2D eigenvalue weighted by molar-refractivity contribution is 0.0538. The first-order valence-corrected chi connectivity index (χ1v) is 4.94. The fourth-order valence-corrected chi connectivity index (χ4v) is 1.74. The second-order valence-electron chi connectivity index (χ2n) is 3.54. The minimum atomic E-state index is -0.205. The molecule has 1 aromatic carbocycles. The van der Waals surface area contributed by atoms with E-state index in [0.29, 0.717) is 0 Å². The molecule has 2 atom stereocenters. The Kier molecular flexibility index (Phi) is 2.87. The van der Waals surface area contributed by atoms with Gasteiger partial charge in [-0.25, -0.2) is 4.79 Å². The fourth-order valence-electron chi connectivity index (χ4n) is 1.74. The Balaban J connectivity index is 2.12. The molecule has 0 saturated carbocycles. The molecule has 1 aliphatic rings. The second-order valence-corrected chi connectivity index (χ2v) is 3.54. The summed E-state index contributed by atoms with van der Waals surface area (Å²) in [6.07, 6.45) is 0.538. The highest BCUT2D eigenvalue weighted by Gasteiger charge is 2.26. The zero-order valence-corrected chi connectivity index (χ0v) is 8.57. The van der Waals surface area contributed by atoms with Crippen LogP contribution in [0, 0.1) is 0 Å². The summed E-state index contributed by atoms with van der Waals surface area (Å²) in [4.78, 5) is 11.3. The Hall–Kier alpha value is -1.55. The van der Waals surface area contributed by atoms with Crippen LogP contribution in [-0.4, -0.2) is 19.4 Å². The van der Waals surface area contributed by atoms with E-state index in [1.165, 1.54) is 0 Å². The van der Waals surface area contributed by atoms with Crippen molar-refractivity contribution in [1.29, 1.82) is 0 Å². The highest BCUT2D eigenvalue weighted by molar-refractivity contribution is 5.75. The highest BCUT2D eigenvalue weighted by atomic mass is 16.5. The summed E-state index contributed by atoms with van der Waals surface area (Å²) < 4.78 is 5.14. The summed E-state index contributed by atoms with van der Waals surface area (Å²) in [6, 6.07) is 9.75. The van der Waals surface area contributed by atoms with E-state index in [2.05, 4.69) is 10.6 Å². The van der Waals surface area contributed by atoms with Crippen LogP contribution in [0.4, 0.5) is 4.79 Å². The smallest absolute Gasteiger partial charge is 0.317 e. The third kappa shape index (κ3) is 2.27. The minimum absolute atomic E-state index is 0.0323. The van der Waals surface area contributed by atoms with Crippen molar-refractivity contribution in [2.75, 3.05) is 7.11 Å². The molecule has 0 spiro atoms. The molecule has 2 unspecified atom stereocenters. The van der Waals surface area contributed by atoms with Gasteiger partial charge in [-0.2, -0.15) is 0 Å². The molecule has 0 bridgehead atoms. The van der Waals surface area contributed by atoms with Gasteiger partial charge in [0.1, 0.15) is 6.23 Å². The van der Waals surface area contributed by atoms with Crippen molar-refractivity contribution in [3.05, 3.63) is 35.9 Å². The van der Waals surface area contributed by atoms with Crippen LogP contribution in [0.15, 0.2) is 30.3 Å². The Morgan fingerprint density at radius 2 is 2.00 bits per heavy atom. The van der Waals surface area contributed by atoms with Crippen molar-refractivity contribution in [2.24, 2.45) is 0 Å². The molecular weight excluding hydrogens is 192 g/mol. The maximum absolute atomic E-state index is 11.3. The van der Waals surface area contributed by atoms with Crippen LogP contribution in [0.5, 0.6) is 0 Å². The van der Waals surface area contributed by atoms with Gasteiger partial charge in [-0.15, -0.1) is 0 Å². The number of rotatable bonds is 2. The van der Waals surface area contributed by atoms with Gasteiger partial charge in [0.15, 0.2) is 0 Å². The summed E-state index contributed by atoms with van der Waals surface area (Å²) in [5.74, 6) is 0. The van der Waals surface area contributed by atoms with E-state index in [1.54, 1.807) is 7.11 Å². The molecule has 1 fully saturated rings. The molecule has 1 saturated heterocycles. The van der Waals surface area contributed by atoms with Gasteiger partial charge in [0.2, 0.25) is 0 Å². The van der Waals surface area contributed by atoms with Gasteiger partial charge in [-0.1, -0.05) is 30.3 Å². The van der Waals surface area contributed by atoms with Gasteiger partial charge in [0.25, 0.3) is 0 Å². The standard InChI is InChI=1S/C11H14N2O2/c1-15-10-7-9(12-11(14)13-10)8-5-3-2-4-6-8/h2-6,9-10H,7H2,1H3,(H2,12,13,14). The monoisotopic (exact) mass is 206 g/mol. The molecule has 1 aliphatic heterocycles. The molecule has 0 aliphatic carbocycles. The van der Waals surface area contributed by atoms with Gasteiger partial charge in [-0.05, 0) is 5.56 Å². The predicted molar refractivity (Wildman–Crippen MR) is 56.3 cm³/mol. The van der Waals surface area contributed by atoms with Crippen molar-refractivity contribution >= 4 is 6.03 Å². The van der Waals surface area contributed by atoms with Crippen molar-refractivity contribution in [3.8, 4) is 0 Å². The Morgan fingerprint density at radius 3 is 2.67 bits per heavy atom. The van der Waals surface area contributed by atoms with Crippen molar-refractivity contribution < 1.29 is 9.53 Å². The summed E-state index contributed by atoms with van der Waals surface area (Å²) >= 11 is 0. The quantitative estimate of drug-likeness (QED) is 0.768. The molecule has 4 nitrogen and oxygen atoms in total. The molecule has 80 valence electrons. The first-order valence-electron chi connectivity index (χ1n) is 4.94. The molecule has 2 amide bonds. The van der Waals surface area contributed by atoms with Crippen LogP contribution in [0.1, 0.15) is 18.0 Å². The molecule has 0 aromatic heterocycles. The first kappa shape index (κ1) is 9.98. The largest absolute Gasteiger partial charge is 0.362 e. The van der Waals surface area contributed by atoms with Crippen LogP contribution < -0.4 is 10.6 Å². The minimum Gasteiger partial charge on any atom is -0.362 e. The number of hydrogen-bond acceptors (Lipinski definition) is 2. The van der Waals surface area contributed by atoms with E-state index in [0.717, 1.165) is 12.0 Å². The fraction of sp³-hybridized carbons (Fsp3) is 0.364. The number of nitrogens with one attached hydrogen (secondary N) is 2. The number of benzene rings is 1. The van der Waals surface area contributed by atoms with Crippen molar-refractivity contribution in [2.45, 2.75) is 18.7 Å². The highest BCUT2D eigenvalue weighted by Crippen LogP contribution is 2.20. The average Bonchev–Trinajstić information content (AvgIpc) is 2.29. The Labute approximate surface area is 88.6 Å². The van der Waals surface area contributed by atoms with Crippen LogP contribution in [-0.2, 0) is 4.74 Å². The van der Waals surface area contributed by atoms with Gasteiger partial charge < -0.3 is 15.4 Å². The summed E-state index contributed by atoms with van der Waals surface area (Å²) in [5.41, 5.74) is 1.11. The molecule has 2 rings (SSSR count). The summed E-state index contributed by atoms with van der Waals surface area (Å²) in [7, 11) is 1.60. The maximum Gasteiger partial charge on any atom is 0.317 e. The zero-order valence-electron chi connectivity index (χ0n) is 8.57. The zero-order chi connectivity index (χ0) is 10.7. The molecular formula is C11H14N2O2. The van der Waals surface area contributed by atoms with Gasteiger partial charge >= 0.3 is 6.03 Å². The lowest BCUT2D eigenvalue weighted by Gasteiger charge is -2.30. The third-order valence-corrected chi connectivity index (χ3v) is 2.53. The second kappa shape index (κ2) is 4.31. The SMILES string of the molecule is COC1CC(c2ccccc2)NC(=O)N1. The molecule has 1 heterocycles. The molecule has 15 heavy (non-hydrogen) atoms. The number of carbonyl (C=O) groups is 1. The van der Waals surface area contributed by atoms with E-state index < -0.39 is 0 Å². The van der Waals surface area contributed by atoms with E-state index in [-0.39, 0.29) is 18.3 Å². The first-order chi connectivity index (χ1) is 7.29. The van der Waals surface area contributed by atoms with E-state index in [1.807, 2.05) is 30.3 Å². The predicted octanol–water partition coefficient (Wildman–Crippen LogP) is 1.40.